The van der Waals surface area contributed by atoms with Crippen molar-refractivity contribution in [2.24, 2.45) is 5.92 Å². The van der Waals surface area contributed by atoms with Crippen LogP contribution >= 0.6 is 12.2 Å². The number of carbonyl (C=O) groups is 1. The van der Waals surface area contributed by atoms with Gasteiger partial charge in [0.2, 0.25) is 0 Å². The predicted octanol–water partition coefficient (Wildman–Crippen LogP) is 0.172. The first-order valence-corrected chi connectivity index (χ1v) is 5.39. The molecule has 0 aromatic carbocycles. The second-order valence-corrected chi connectivity index (χ2v) is 3.96. The third kappa shape index (κ3) is 3.18. The lowest BCUT2D eigenvalue weighted by atomic mass is 9.96. The van der Waals surface area contributed by atoms with Gasteiger partial charge in [0, 0.05) is 18.8 Å². The van der Waals surface area contributed by atoms with Crippen molar-refractivity contribution >= 4 is 23.3 Å². The second kappa shape index (κ2) is 5.81. The Bertz CT molecular complexity index is 306. The van der Waals surface area contributed by atoms with Crippen LogP contribution < -0.4 is 10.6 Å². The van der Waals surface area contributed by atoms with E-state index in [1.54, 1.807) is 7.11 Å². The Morgan fingerprint density at radius 3 is 2.81 bits per heavy atom. The van der Waals surface area contributed by atoms with Crippen LogP contribution in [0.1, 0.15) is 6.92 Å². The van der Waals surface area contributed by atoms with Crippen LogP contribution in [-0.2, 0) is 14.3 Å². The average molecular weight is 244 g/mol. The predicted molar refractivity (Wildman–Crippen MR) is 63.8 cm³/mol. The minimum absolute atomic E-state index is 0.115. The van der Waals surface area contributed by atoms with Gasteiger partial charge in [-0.05, 0) is 19.1 Å². The lowest BCUT2D eigenvalue weighted by Gasteiger charge is -2.32. The van der Waals surface area contributed by atoms with Crippen molar-refractivity contribution in [3.05, 3.63) is 12.3 Å². The van der Waals surface area contributed by atoms with E-state index >= 15 is 0 Å². The van der Waals surface area contributed by atoms with Crippen LogP contribution in [-0.4, -0.2) is 37.4 Å². The minimum atomic E-state index is -0.427. The molecule has 5 nitrogen and oxygen atoms in total. The van der Waals surface area contributed by atoms with Crippen molar-refractivity contribution < 1.29 is 14.3 Å². The monoisotopic (exact) mass is 244 g/mol. The Kier molecular flexibility index (Phi) is 4.70. The Morgan fingerprint density at radius 1 is 1.56 bits per heavy atom. The quantitative estimate of drug-likeness (QED) is 0.418. The zero-order valence-corrected chi connectivity index (χ0v) is 10.2. The number of ether oxygens (including phenoxy) is 2. The van der Waals surface area contributed by atoms with E-state index in [4.69, 9.17) is 21.7 Å². The molecule has 0 aromatic heterocycles. The summed E-state index contributed by atoms with van der Waals surface area (Å²) >= 11 is 4.95. The van der Waals surface area contributed by atoms with Crippen molar-refractivity contribution in [2.45, 2.75) is 13.0 Å². The molecule has 0 bridgehead atoms. The summed E-state index contributed by atoms with van der Waals surface area (Å²) in [4.78, 5) is 11.7. The molecule has 0 amide bonds. The van der Waals surface area contributed by atoms with Gasteiger partial charge in [-0.25, -0.2) is 0 Å². The summed E-state index contributed by atoms with van der Waals surface area (Å²) in [5.74, 6) is -0.749. The molecular formula is C10H16N2O3S. The molecule has 90 valence electrons. The smallest absolute Gasteiger partial charge is 0.317 e. The normalized spacial score (nSPS) is 24.6. The topological polar surface area (TPSA) is 59.6 Å². The van der Waals surface area contributed by atoms with Crippen molar-refractivity contribution in [3.8, 4) is 0 Å². The molecule has 1 aliphatic rings. The molecule has 0 spiro atoms. The molecule has 1 heterocycles. The standard InChI is InChI=1S/C10H16N2O3S/c1-6-8(7(2)12-10(16)11-6)9(13)15-5-4-14-3/h7-8H,1,4-5H2,2-3H3,(H2,11,12,16)/t7-,8+/m1/s1. The van der Waals surface area contributed by atoms with Gasteiger partial charge < -0.3 is 20.1 Å². The molecule has 1 rings (SSSR count). The summed E-state index contributed by atoms with van der Waals surface area (Å²) in [7, 11) is 1.55. The summed E-state index contributed by atoms with van der Waals surface area (Å²) in [6.07, 6.45) is 0. The first-order chi connectivity index (χ1) is 7.56. The van der Waals surface area contributed by atoms with E-state index in [1.807, 2.05) is 6.92 Å². The molecule has 0 radical (unpaired) electrons. The molecule has 0 unspecified atom stereocenters. The van der Waals surface area contributed by atoms with E-state index in [2.05, 4.69) is 17.2 Å². The lowest BCUT2D eigenvalue weighted by Crippen LogP contribution is -2.54. The van der Waals surface area contributed by atoms with Crippen molar-refractivity contribution in [2.75, 3.05) is 20.3 Å². The molecule has 2 atom stereocenters. The largest absolute Gasteiger partial charge is 0.463 e. The summed E-state index contributed by atoms with van der Waals surface area (Å²) in [6.45, 7) is 6.27. The first-order valence-electron chi connectivity index (χ1n) is 4.98. The van der Waals surface area contributed by atoms with Crippen LogP contribution in [0, 0.1) is 5.92 Å². The van der Waals surface area contributed by atoms with E-state index in [1.165, 1.54) is 0 Å². The number of hydrogen-bond donors (Lipinski definition) is 2. The number of rotatable bonds is 4. The van der Waals surface area contributed by atoms with E-state index in [0.717, 1.165) is 0 Å². The summed E-state index contributed by atoms with van der Waals surface area (Å²) < 4.78 is 9.85. The van der Waals surface area contributed by atoms with E-state index < -0.39 is 5.92 Å². The number of thiocarbonyl (C=S) groups is 1. The van der Waals surface area contributed by atoms with E-state index in [9.17, 15) is 4.79 Å². The molecule has 6 heteroatoms. The van der Waals surface area contributed by atoms with Crippen LogP contribution in [0.3, 0.4) is 0 Å². The van der Waals surface area contributed by atoms with E-state index in [0.29, 0.717) is 17.4 Å². The summed E-state index contributed by atoms with van der Waals surface area (Å²) in [6, 6.07) is -0.115. The highest BCUT2D eigenvalue weighted by Gasteiger charge is 2.33. The molecule has 0 aromatic rings. The Morgan fingerprint density at radius 2 is 2.25 bits per heavy atom. The van der Waals surface area contributed by atoms with Gasteiger partial charge in [0.1, 0.15) is 12.5 Å². The number of nitrogens with one attached hydrogen (secondary N) is 2. The number of hydrogen-bond acceptors (Lipinski definition) is 4. The lowest BCUT2D eigenvalue weighted by molar-refractivity contribution is -0.149. The maximum atomic E-state index is 11.7. The highest BCUT2D eigenvalue weighted by molar-refractivity contribution is 7.80. The van der Waals surface area contributed by atoms with Crippen LogP contribution in [0.4, 0.5) is 0 Å². The average Bonchev–Trinajstić information content (AvgIpc) is 2.16. The number of esters is 1. The molecule has 16 heavy (non-hydrogen) atoms. The van der Waals surface area contributed by atoms with Gasteiger partial charge in [0.15, 0.2) is 5.11 Å². The number of carbonyl (C=O) groups excluding carboxylic acids is 1. The van der Waals surface area contributed by atoms with Crippen LogP contribution in [0.25, 0.3) is 0 Å². The van der Waals surface area contributed by atoms with Crippen LogP contribution in [0.15, 0.2) is 12.3 Å². The van der Waals surface area contributed by atoms with Gasteiger partial charge in [-0.1, -0.05) is 6.58 Å². The zero-order valence-electron chi connectivity index (χ0n) is 9.41. The summed E-state index contributed by atoms with van der Waals surface area (Å²) in [5, 5.41) is 6.27. The molecule has 0 saturated carbocycles. The molecular weight excluding hydrogens is 228 g/mol. The fourth-order valence-corrected chi connectivity index (χ4v) is 1.83. The van der Waals surface area contributed by atoms with Gasteiger partial charge in [0.25, 0.3) is 0 Å². The molecule has 1 aliphatic heterocycles. The maximum Gasteiger partial charge on any atom is 0.317 e. The zero-order chi connectivity index (χ0) is 12.1. The molecule has 1 fully saturated rings. The van der Waals surface area contributed by atoms with Gasteiger partial charge in [-0.3, -0.25) is 4.79 Å². The van der Waals surface area contributed by atoms with Crippen LogP contribution in [0.5, 0.6) is 0 Å². The van der Waals surface area contributed by atoms with Crippen molar-refractivity contribution in [1.29, 1.82) is 0 Å². The SMILES string of the molecule is C=C1NC(=S)N[C@H](C)[C@H]1C(=O)OCCOC. The maximum absolute atomic E-state index is 11.7. The Hall–Kier alpha value is -1.14. The minimum Gasteiger partial charge on any atom is -0.463 e. The summed E-state index contributed by atoms with van der Waals surface area (Å²) in [5.41, 5.74) is 0.568. The molecule has 1 saturated heterocycles. The van der Waals surface area contributed by atoms with Crippen LogP contribution in [0.2, 0.25) is 0 Å². The third-order valence-electron chi connectivity index (χ3n) is 2.29. The van der Waals surface area contributed by atoms with Gasteiger partial charge in [0.05, 0.1) is 6.61 Å². The van der Waals surface area contributed by atoms with E-state index in [-0.39, 0.29) is 18.6 Å². The van der Waals surface area contributed by atoms with Crippen molar-refractivity contribution in [3.63, 3.8) is 0 Å². The first kappa shape index (κ1) is 12.9. The number of methoxy groups -OCH3 is 1. The fourth-order valence-electron chi connectivity index (χ4n) is 1.51. The Balaban J connectivity index is 2.53. The van der Waals surface area contributed by atoms with Gasteiger partial charge in [-0.15, -0.1) is 0 Å². The molecule has 2 N–H and O–H groups in total. The Labute approximate surface area is 100 Å². The third-order valence-corrected chi connectivity index (χ3v) is 2.51. The van der Waals surface area contributed by atoms with Gasteiger partial charge in [-0.2, -0.15) is 0 Å². The highest BCUT2D eigenvalue weighted by atomic mass is 32.1. The second-order valence-electron chi connectivity index (χ2n) is 3.55. The highest BCUT2D eigenvalue weighted by Crippen LogP contribution is 2.17. The van der Waals surface area contributed by atoms with Gasteiger partial charge >= 0.3 is 5.97 Å². The fraction of sp³-hybridized carbons (Fsp3) is 0.600. The molecule has 0 aliphatic carbocycles. The van der Waals surface area contributed by atoms with Crippen molar-refractivity contribution in [1.82, 2.24) is 10.6 Å².